The van der Waals surface area contributed by atoms with Crippen LogP contribution in [-0.4, -0.2) is 17.8 Å². The summed E-state index contributed by atoms with van der Waals surface area (Å²) < 4.78 is 63.8. The molecule has 0 aliphatic heterocycles. The maximum Gasteiger partial charge on any atom is 0.422 e. The second kappa shape index (κ2) is 3.77. The van der Waals surface area contributed by atoms with Crippen molar-refractivity contribution in [3.63, 3.8) is 0 Å². The van der Waals surface area contributed by atoms with Crippen LogP contribution in [0.25, 0.3) is 0 Å². The first kappa shape index (κ1) is 10.7. The van der Waals surface area contributed by atoms with Gasteiger partial charge in [0.05, 0.1) is 6.20 Å². The van der Waals surface area contributed by atoms with E-state index < -0.39 is 30.3 Å². The maximum absolute atomic E-state index is 12.6. The highest BCUT2D eigenvalue weighted by Crippen LogP contribution is 2.20. The Labute approximate surface area is 75.3 Å². The van der Waals surface area contributed by atoms with E-state index in [0.29, 0.717) is 12.3 Å². The Bertz CT molecular complexity index is 324. The van der Waals surface area contributed by atoms with Crippen molar-refractivity contribution in [3.8, 4) is 5.75 Å². The lowest BCUT2D eigenvalue weighted by molar-refractivity contribution is -0.153. The molecule has 0 spiro atoms. The molecule has 0 saturated carbocycles. The van der Waals surface area contributed by atoms with Gasteiger partial charge < -0.3 is 4.74 Å². The van der Waals surface area contributed by atoms with Crippen molar-refractivity contribution in [1.29, 1.82) is 0 Å². The first-order chi connectivity index (χ1) is 6.38. The zero-order valence-electron chi connectivity index (χ0n) is 6.61. The summed E-state index contributed by atoms with van der Waals surface area (Å²) in [5, 5.41) is 0. The Kier molecular flexibility index (Phi) is 2.87. The van der Waals surface area contributed by atoms with Gasteiger partial charge in [0.1, 0.15) is 5.82 Å². The van der Waals surface area contributed by atoms with E-state index in [1.807, 2.05) is 0 Å². The largest absolute Gasteiger partial charge is 0.479 e. The molecule has 1 aromatic rings. The third-order valence-electron chi connectivity index (χ3n) is 1.16. The molecule has 1 aromatic heterocycles. The smallest absolute Gasteiger partial charge is 0.422 e. The molecule has 0 aromatic carbocycles. The normalized spacial score (nSPS) is 11.5. The van der Waals surface area contributed by atoms with E-state index in [1.54, 1.807) is 0 Å². The second-order valence-electron chi connectivity index (χ2n) is 2.35. The molecule has 0 N–H and O–H groups in total. The van der Waals surface area contributed by atoms with Crippen LogP contribution in [0.2, 0.25) is 0 Å². The highest BCUT2D eigenvalue weighted by atomic mass is 19.4. The Morgan fingerprint density at radius 2 is 1.93 bits per heavy atom. The van der Waals surface area contributed by atoms with Crippen LogP contribution in [0, 0.1) is 11.8 Å². The molecule has 1 rings (SSSR count). The predicted octanol–water partition coefficient (Wildman–Crippen LogP) is 2.30. The predicted molar refractivity (Wildman–Crippen MR) is 35.7 cm³/mol. The number of alkyl halides is 3. The van der Waals surface area contributed by atoms with E-state index in [1.165, 1.54) is 0 Å². The number of rotatable bonds is 2. The topological polar surface area (TPSA) is 22.1 Å². The summed E-state index contributed by atoms with van der Waals surface area (Å²) in [5.74, 6) is -3.11. The van der Waals surface area contributed by atoms with Gasteiger partial charge >= 0.3 is 6.18 Å². The maximum atomic E-state index is 12.6. The highest BCUT2D eigenvalue weighted by molar-refractivity contribution is 5.19. The number of aromatic nitrogens is 1. The molecule has 0 aliphatic carbocycles. The minimum atomic E-state index is -4.60. The van der Waals surface area contributed by atoms with E-state index >= 15 is 0 Å². The van der Waals surface area contributed by atoms with Crippen molar-refractivity contribution >= 4 is 0 Å². The number of nitrogens with zero attached hydrogens (tertiary/aromatic N) is 1. The molecule has 0 bridgehead atoms. The Hall–Kier alpha value is -1.40. The summed E-state index contributed by atoms with van der Waals surface area (Å²) in [6, 6.07) is 0.494. The van der Waals surface area contributed by atoms with Gasteiger partial charge in [0, 0.05) is 6.07 Å². The van der Waals surface area contributed by atoms with Crippen LogP contribution < -0.4 is 4.74 Å². The number of hydrogen-bond acceptors (Lipinski definition) is 2. The monoisotopic (exact) mass is 213 g/mol. The van der Waals surface area contributed by atoms with E-state index in [-0.39, 0.29) is 0 Å². The van der Waals surface area contributed by atoms with Crippen molar-refractivity contribution in [2.75, 3.05) is 6.61 Å². The van der Waals surface area contributed by atoms with Gasteiger partial charge in [0.25, 0.3) is 5.95 Å². The summed E-state index contributed by atoms with van der Waals surface area (Å²) >= 11 is 0. The van der Waals surface area contributed by atoms with Gasteiger partial charge in [-0.1, -0.05) is 0 Å². The first-order valence-corrected chi connectivity index (χ1v) is 3.39. The van der Waals surface area contributed by atoms with Gasteiger partial charge in [-0.25, -0.2) is 9.37 Å². The summed E-state index contributed by atoms with van der Waals surface area (Å²) in [7, 11) is 0. The lowest BCUT2D eigenvalue weighted by Gasteiger charge is -2.08. The molecule has 0 fully saturated rings. The Balaban J connectivity index is 2.72. The fraction of sp³-hybridized carbons (Fsp3) is 0.286. The highest BCUT2D eigenvalue weighted by Gasteiger charge is 2.29. The average Bonchev–Trinajstić information content (AvgIpc) is 2.05. The van der Waals surface area contributed by atoms with E-state index in [0.717, 1.165) is 0 Å². The Morgan fingerprint density at radius 1 is 1.29 bits per heavy atom. The van der Waals surface area contributed by atoms with Crippen molar-refractivity contribution < 1.29 is 26.7 Å². The van der Waals surface area contributed by atoms with Gasteiger partial charge in [0.15, 0.2) is 12.4 Å². The lowest BCUT2D eigenvalue weighted by atomic mass is 10.4. The van der Waals surface area contributed by atoms with Gasteiger partial charge in [-0.05, 0) is 0 Å². The number of pyridine rings is 1. The van der Waals surface area contributed by atoms with Crippen LogP contribution >= 0.6 is 0 Å². The van der Waals surface area contributed by atoms with E-state index in [9.17, 15) is 22.0 Å². The molecule has 0 saturated heterocycles. The van der Waals surface area contributed by atoms with E-state index in [4.69, 9.17) is 0 Å². The van der Waals surface area contributed by atoms with Crippen molar-refractivity contribution in [3.05, 3.63) is 24.0 Å². The zero-order chi connectivity index (χ0) is 10.8. The standard InChI is InChI=1S/C7H4F5NO/c8-4-1-5(6(9)13-2-4)14-3-7(10,11)12/h1-2H,3H2. The molecule has 2 nitrogen and oxygen atoms in total. The molecular weight excluding hydrogens is 209 g/mol. The molecule has 0 atom stereocenters. The SMILES string of the molecule is Fc1cnc(F)c(OCC(F)(F)F)c1. The summed E-state index contributed by atoms with van der Waals surface area (Å²) in [6.45, 7) is -1.69. The van der Waals surface area contributed by atoms with Crippen LogP contribution in [0.1, 0.15) is 0 Å². The average molecular weight is 213 g/mol. The summed E-state index contributed by atoms with van der Waals surface area (Å²) in [6.07, 6.45) is -4.06. The number of hydrogen-bond donors (Lipinski definition) is 0. The van der Waals surface area contributed by atoms with Gasteiger partial charge in [-0.15, -0.1) is 0 Å². The zero-order valence-corrected chi connectivity index (χ0v) is 6.61. The van der Waals surface area contributed by atoms with Crippen molar-refractivity contribution in [1.82, 2.24) is 4.98 Å². The van der Waals surface area contributed by atoms with Crippen LogP contribution in [0.5, 0.6) is 5.75 Å². The summed E-state index contributed by atoms with van der Waals surface area (Å²) in [5.41, 5.74) is 0. The summed E-state index contributed by atoms with van der Waals surface area (Å²) in [4.78, 5) is 2.85. The van der Waals surface area contributed by atoms with Crippen molar-refractivity contribution in [2.24, 2.45) is 0 Å². The minimum Gasteiger partial charge on any atom is -0.479 e. The van der Waals surface area contributed by atoms with Crippen LogP contribution in [-0.2, 0) is 0 Å². The van der Waals surface area contributed by atoms with Gasteiger partial charge in [-0.2, -0.15) is 17.6 Å². The van der Waals surface area contributed by atoms with Crippen LogP contribution in [0.4, 0.5) is 22.0 Å². The van der Waals surface area contributed by atoms with Crippen LogP contribution in [0.15, 0.2) is 12.3 Å². The third kappa shape index (κ3) is 3.15. The van der Waals surface area contributed by atoms with Gasteiger partial charge in [-0.3, -0.25) is 0 Å². The second-order valence-corrected chi connectivity index (χ2v) is 2.35. The quantitative estimate of drug-likeness (QED) is 0.555. The molecule has 0 amide bonds. The van der Waals surface area contributed by atoms with Gasteiger partial charge in [0.2, 0.25) is 0 Å². The molecule has 1 heterocycles. The molecule has 0 aliphatic rings. The number of halogens is 5. The minimum absolute atomic E-state index is 0.494. The fourth-order valence-electron chi connectivity index (χ4n) is 0.665. The van der Waals surface area contributed by atoms with Crippen LogP contribution in [0.3, 0.4) is 0 Å². The van der Waals surface area contributed by atoms with E-state index in [2.05, 4.69) is 9.72 Å². The first-order valence-electron chi connectivity index (χ1n) is 3.39. The molecule has 78 valence electrons. The number of ether oxygens (including phenoxy) is 1. The molecule has 7 heteroatoms. The molecule has 14 heavy (non-hydrogen) atoms. The van der Waals surface area contributed by atoms with Crippen molar-refractivity contribution in [2.45, 2.75) is 6.18 Å². The fourth-order valence-corrected chi connectivity index (χ4v) is 0.665. The molecule has 0 radical (unpaired) electrons. The molecular formula is C7H4F5NO. The third-order valence-corrected chi connectivity index (χ3v) is 1.16. The lowest BCUT2D eigenvalue weighted by Crippen LogP contribution is -2.19. The Morgan fingerprint density at radius 3 is 2.50 bits per heavy atom. The molecule has 0 unspecified atom stereocenters.